The first-order valence-corrected chi connectivity index (χ1v) is 6.68. The highest BCUT2D eigenvalue weighted by atomic mass is 127. The minimum Gasteiger partial charge on any atom is -0.480 e. The van der Waals surface area contributed by atoms with E-state index in [0.29, 0.717) is 18.5 Å². The molecule has 2 rings (SSSR count). The molecule has 2 amide bonds. The van der Waals surface area contributed by atoms with E-state index >= 15 is 0 Å². The van der Waals surface area contributed by atoms with Gasteiger partial charge in [-0.2, -0.15) is 0 Å². The Bertz CT molecular complexity index is 469. The standard InChI is InChI=1S/C12H13IN2O3/c13-8-2-4-9(5-3-8)14-11(18)15-12(10(16)17)6-1-7-12/h2-5H,1,6-7H2,(H,16,17)(H2,14,15,18). The summed E-state index contributed by atoms with van der Waals surface area (Å²) in [6.45, 7) is 0. The van der Waals surface area contributed by atoms with Crippen molar-refractivity contribution in [3.8, 4) is 0 Å². The monoisotopic (exact) mass is 360 g/mol. The van der Waals surface area contributed by atoms with Crippen LogP contribution in [0.15, 0.2) is 24.3 Å². The molecule has 0 spiro atoms. The van der Waals surface area contributed by atoms with E-state index in [1.165, 1.54) is 0 Å². The zero-order chi connectivity index (χ0) is 13.2. The van der Waals surface area contributed by atoms with Crippen molar-refractivity contribution in [1.82, 2.24) is 5.32 Å². The molecule has 1 saturated carbocycles. The fourth-order valence-corrected chi connectivity index (χ4v) is 2.20. The number of carbonyl (C=O) groups excluding carboxylic acids is 1. The van der Waals surface area contributed by atoms with Crippen molar-refractivity contribution < 1.29 is 14.7 Å². The Hall–Kier alpha value is -1.31. The number of carboxylic acids is 1. The van der Waals surface area contributed by atoms with Gasteiger partial charge >= 0.3 is 12.0 Å². The molecule has 96 valence electrons. The summed E-state index contributed by atoms with van der Waals surface area (Å²) < 4.78 is 1.07. The number of hydrogen-bond acceptors (Lipinski definition) is 2. The molecule has 0 unspecified atom stereocenters. The van der Waals surface area contributed by atoms with E-state index in [2.05, 4.69) is 33.2 Å². The van der Waals surface area contributed by atoms with Crippen molar-refractivity contribution in [1.29, 1.82) is 0 Å². The highest BCUT2D eigenvalue weighted by Crippen LogP contribution is 2.32. The third-order valence-electron chi connectivity index (χ3n) is 3.07. The van der Waals surface area contributed by atoms with Crippen LogP contribution in [0.4, 0.5) is 10.5 Å². The van der Waals surface area contributed by atoms with Crippen LogP contribution < -0.4 is 10.6 Å². The molecule has 1 aromatic carbocycles. The zero-order valence-corrected chi connectivity index (χ0v) is 11.7. The van der Waals surface area contributed by atoms with Crippen LogP contribution in [0.5, 0.6) is 0 Å². The minimum atomic E-state index is -1.08. The summed E-state index contributed by atoms with van der Waals surface area (Å²) in [5, 5.41) is 14.3. The van der Waals surface area contributed by atoms with Gasteiger partial charge in [0.15, 0.2) is 0 Å². The first-order chi connectivity index (χ1) is 8.52. The van der Waals surface area contributed by atoms with Gasteiger partial charge in [0, 0.05) is 9.26 Å². The Morgan fingerprint density at radius 3 is 2.28 bits per heavy atom. The quantitative estimate of drug-likeness (QED) is 0.725. The van der Waals surface area contributed by atoms with Gasteiger partial charge in [-0.3, -0.25) is 0 Å². The largest absolute Gasteiger partial charge is 0.480 e. The lowest BCUT2D eigenvalue weighted by atomic mass is 9.77. The Morgan fingerprint density at radius 2 is 1.83 bits per heavy atom. The highest BCUT2D eigenvalue weighted by Gasteiger charge is 2.45. The summed E-state index contributed by atoms with van der Waals surface area (Å²) in [6.07, 6.45) is 1.81. The number of aliphatic carboxylic acids is 1. The number of anilines is 1. The van der Waals surface area contributed by atoms with Crippen molar-refractivity contribution in [2.24, 2.45) is 0 Å². The molecule has 0 aliphatic heterocycles. The lowest BCUT2D eigenvalue weighted by Gasteiger charge is -2.38. The van der Waals surface area contributed by atoms with Gasteiger partial charge in [-0.1, -0.05) is 0 Å². The second kappa shape index (κ2) is 5.13. The summed E-state index contributed by atoms with van der Waals surface area (Å²) in [5.41, 5.74) is -0.430. The zero-order valence-electron chi connectivity index (χ0n) is 9.57. The summed E-state index contributed by atoms with van der Waals surface area (Å²) in [5.74, 6) is -0.966. The van der Waals surface area contributed by atoms with E-state index in [-0.39, 0.29) is 0 Å². The number of hydrogen-bond donors (Lipinski definition) is 3. The predicted octanol–water partition coefficient (Wildman–Crippen LogP) is 2.42. The maximum absolute atomic E-state index is 11.7. The third-order valence-corrected chi connectivity index (χ3v) is 3.79. The van der Waals surface area contributed by atoms with Crippen LogP contribution in [0.25, 0.3) is 0 Å². The van der Waals surface area contributed by atoms with Gasteiger partial charge in [0.1, 0.15) is 5.54 Å². The van der Waals surface area contributed by atoms with Crippen molar-refractivity contribution in [3.63, 3.8) is 0 Å². The van der Waals surface area contributed by atoms with Crippen LogP contribution >= 0.6 is 22.6 Å². The molecule has 0 saturated heterocycles. The number of benzene rings is 1. The predicted molar refractivity (Wildman–Crippen MR) is 75.5 cm³/mol. The highest BCUT2D eigenvalue weighted by molar-refractivity contribution is 14.1. The molecule has 5 nitrogen and oxygen atoms in total. The van der Waals surface area contributed by atoms with E-state index < -0.39 is 17.5 Å². The number of amides is 2. The summed E-state index contributed by atoms with van der Waals surface area (Å²) >= 11 is 2.17. The van der Waals surface area contributed by atoms with E-state index in [1.807, 2.05) is 12.1 Å². The lowest BCUT2D eigenvalue weighted by Crippen LogP contribution is -2.60. The third kappa shape index (κ3) is 2.74. The molecule has 0 bridgehead atoms. The smallest absolute Gasteiger partial charge is 0.329 e. The summed E-state index contributed by atoms with van der Waals surface area (Å²) in [7, 11) is 0. The second-order valence-electron chi connectivity index (χ2n) is 4.33. The van der Waals surface area contributed by atoms with E-state index in [4.69, 9.17) is 5.11 Å². The molecule has 0 radical (unpaired) electrons. The van der Waals surface area contributed by atoms with Crippen LogP contribution in [-0.4, -0.2) is 22.6 Å². The lowest BCUT2D eigenvalue weighted by molar-refractivity contribution is -0.148. The molecule has 0 heterocycles. The molecule has 0 atom stereocenters. The van der Waals surface area contributed by atoms with Crippen molar-refractivity contribution in [3.05, 3.63) is 27.8 Å². The molecule has 0 aromatic heterocycles. The molecule has 1 aliphatic rings. The number of nitrogens with one attached hydrogen (secondary N) is 2. The first kappa shape index (κ1) is 13.1. The van der Waals surface area contributed by atoms with Gasteiger partial charge in [-0.15, -0.1) is 0 Å². The van der Waals surface area contributed by atoms with E-state index in [1.54, 1.807) is 12.1 Å². The van der Waals surface area contributed by atoms with Crippen LogP contribution in [0.3, 0.4) is 0 Å². The van der Waals surface area contributed by atoms with Crippen LogP contribution in [0.1, 0.15) is 19.3 Å². The van der Waals surface area contributed by atoms with Gasteiger partial charge in [0.2, 0.25) is 0 Å². The molecule has 6 heteroatoms. The van der Waals surface area contributed by atoms with Crippen LogP contribution in [-0.2, 0) is 4.79 Å². The minimum absolute atomic E-state index is 0.474. The Labute approximate surface area is 118 Å². The fourth-order valence-electron chi connectivity index (χ4n) is 1.84. The van der Waals surface area contributed by atoms with E-state index in [0.717, 1.165) is 9.99 Å². The number of carboxylic acid groups (broad SMARTS) is 1. The van der Waals surface area contributed by atoms with Gasteiger partial charge in [-0.05, 0) is 66.1 Å². The van der Waals surface area contributed by atoms with Gasteiger partial charge in [0.05, 0.1) is 0 Å². The number of rotatable bonds is 3. The Balaban J connectivity index is 1.96. The van der Waals surface area contributed by atoms with Crippen molar-refractivity contribution >= 4 is 40.3 Å². The molecule has 1 aliphatic carbocycles. The average molecular weight is 360 g/mol. The maximum atomic E-state index is 11.7. The van der Waals surface area contributed by atoms with E-state index in [9.17, 15) is 9.59 Å². The van der Waals surface area contributed by atoms with Crippen LogP contribution in [0.2, 0.25) is 0 Å². The number of carbonyl (C=O) groups is 2. The fraction of sp³-hybridized carbons (Fsp3) is 0.333. The first-order valence-electron chi connectivity index (χ1n) is 5.60. The Morgan fingerprint density at radius 1 is 1.22 bits per heavy atom. The maximum Gasteiger partial charge on any atom is 0.329 e. The van der Waals surface area contributed by atoms with Gasteiger partial charge in [-0.25, -0.2) is 9.59 Å². The molecule has 3 N–H and O–H groups in total. The average Bonchev–Trinajstić information content (AvgIpc) is 2.26. The molecular weight excluding hydrogens is 347 g/mol. The normalized spacial score (nSPS) is 16.5. The molecular formula is C12H13IN2O3. The number of urea groups is 1. The van der Waals surface area contributed by atoms with Gasteiger partial charge < -0.3 is 15.7 Å². The van der Waals surface area contributed by atoms with Crippen molar-refractivity contribution in [2.75, 3.05) is 5.32 Å². The summed E-state index contributed by atoms with van der Waals surface area (Å²) in [6, 6.07) is 6.81. The second-order valence-corrected chi connectivity index (χ2v) is 5.57. The topological polar surface area (TPSA) is 78.4 Å². The van der Waals surface area contributed by atoms with Crippen molar-refractivity contribution in [2.45, 2.75) is 24.8 Å². The molecule has 18 heavy (non-hydrogen) atoms. The number of halogens is 1. The molecule has 1 fully saturated rings. The summed E-state index contributed by atoms with van der Waals surface area (Å²) in [4.78, 5) is 22.8. The SMILES string of the molecule is O=C(Nc1ccc(I)cc1)NC1(C(=O)O)CCC1. The molecule has 1 aromatic rings. The van der Waals surface area contributed by atoms with Gasteiger partial charge in [0.25, 0.3) is 0 Å². The van der Waals surface area contributed by atoms with Crippen LogP contribution in [0, 0.1) is 3.57 Å². The Kier molecular flexibility index (Phi) is 3.74.